The Morgan fingerprint density at radius 2 is 2.14 bits per heavy atom. The SMILES string of the molecule is C[C@@H](NC(=O)COC(=O)/C=C/c1ccccc1Br)C1CC1. The maximum Gasteiger partial charge on any atom is 0.331 e. The van der Waals surface area contributed by atoms with Gasteiger partial charge in [-0.2, -0.15) is 0 Å². The van der Waals surface area contributed by atoms with Crippen LogP contribution in [0.25, 0.3) is 6.08 Å². The fourth-order valence-corrected chi connectivity index (χ4v) is 2.38. The molecule has 0 spiro atoms. The molecular weight excluding hydrogens is 334 g/mol. The highest BCUT2D eigenvalue weighted by Crippen LogP contribution is 2.32. The number of amides is 1. The van der Waals surface area contributed by atoms with Crippen molar-refractivity contribution < 1.29 is 14.3 Å². The molecule has 0 saturated heterocycles. The van der Waals surface area contributed by atoms with Gasteiger partial charge in [0.15, 0.2) is 6.61 Å². The molecule has 1 saturated carbocycles. The normalized spacial score (nSPS) is 15.7. The van der Waals surface area contributed by atoms with Gasteiger partial charge in [0.1, 0.15) is 0 Å². The highest BCUT2D eigenvalue weighted by molar-refractivity contribution is 9.10. The molecule has 1 aliphatic carbocycles. The number of carbonyl (C=O) groups excluding carboxylic acids is 2. The third-order valence-electron chi connectivity index (χ3n) is 3.37. The predicted molar refractivity (Wildman–Crippen MR) is 84.5 cm³/mol. The Morgan fingerprint density at radius 3 is 2.81 bits per heavy atom. The number of nitrogens with one attached hydrogen (secondary N) is 1. The number of ether oxygens (including phenoxy) is 1. The molecule has 112 valence electrons. The van der Waals surface area contributed by atoms with E-state index in [1.165, 1.54) is 6.08 Å². The summed E-state index contributed by atoms with van der Waals surface area (Å²) in [5.41, 5.74) is 0.876. The minimum atomic E-state index is -0.528. The van der Waals surface area contributed by atoms with Crippen LogP contribution in [0, 0.1) is 5.92 Å². The first kappa shape index (κ1) is 15.8. The van der Waals surface area contributed by atoms with Gasteiger partial charge in [0.2, 0.25) is 0 Å². The fraction of sp³-hybridized carbons (Fsp3) is 0.375. The average molecular weight is 352 g/mol. The molecule has 1 aromatic rings. The van der Waals surface area contributed by atoms with Gasteiger partial charge in [-0.25, -0.2) is 4.79 Å². The van der Waals surface area contributed by atoms with Gasteiger partial charge in [-0.15, -0.1) is 0 Å². The van der Waals surface area contributed by atoms with E-state index in [4.69, 9.17) is 4.74 Å². The molecule has 0 aromatic heterocycles. The highest BCUT2D eigenvalue weighted by Gasteiger charge is 2.28. The molecule has 2 rings (SSSR count). The predicted octanol–water partition coefficient (Wildman–Crippen LogP) is 2.92. The zero-order valence-electron chi connectivity index (χ0n) is 11.8. The lowest BCUT2D eigenvalue weighted by atomic mass is 10.2. The quantitative estimate of drug-likeness (QED) is 0.633. The lowest BCUT2D eigenvalue weighted by molar-refractivity contribution is -0.144. The number of hydrogen-bond donors (Lipinski definition) is 1. The first-order valence-corrected chi connectivity index (χ1v) is 7.74. The minimum absolute atomic E-state index is 0.159. The number of esters is 1. The van der Waals surface area contributed by atoms with Crippen LogP contribution >= 0.6 is 15.9 Å². The second-order valence-electron chi connectivity index (χ2n) is 5.16. The summed E-state index contributed by atoms with van der Waals surface area (Å²) < 4.78 is 5.81. The summed E-state index contributed by atoms with van der Waals surface area (Å²) >= 11 is 3.39. The van der Waals surface area contributed by atoms with Crippen molar-refractivity contribution in [3.05, 3.63) is 40.4 Å². The summed E-state index contributed by atoms with van der Waals surface area (Å²) in [6, 6.07) is 7.69. The molecule has 21 heavy (non-hydrogen) atoms. The van der Waals surface area contributed by atoms with Crippen molar-refractivity contribution in [2.45, 2.75) is 25.8 Å². The standard InChI is InChI=1S/C16H18BrNO3/c1-11(12-6-7-12)18-15(19)10-21-16(20)9-8-13-4-2-3-5-14(13)17/h2-5,8-9,11-12H,6-7,10H2,1H3,(H,18,19)/b9-8+/t11-/m1/s1. The number of hydrogen-bond acceptors (Lipinski definition) is 3. The van der Waals surface area contributed by atoms with E-state index >= 15 is 0 Å². The maximum atomic E-state index is 11.6. The summed E-state index contributed by atoms with van der Waals surface area (Å²) in [4.78, 5) is 23.2. The molecule has 0 bridgehead atoms. The van der Waals surface area contributed by atoms with E-state index in [0.29, 0.717) is 5.92 Å². The molecule has 0 radical (unpaired) electrons. The molecule has 1 N–H and O–H groups in total. The van der Waals surface area contributed by atoms with E-state index in [1.54, 1.807) is 6.08 Å². The smallest absolute Gasteiger partial charge is 0.331 e. The van der Waals surface area contributed by atoms with Crippen LogP contribution in [0.2, 0.25) is 0 Å². The van der Waals surface area contributed by atoms with E-state index in [9.17, 15) is 9.59 Å². The molecule has 1 amide bonds. The Labute approximate surface area is 132 Å². The molecule has 1 fully saturated rings. The first-order valence-electron chi connectivity index (χ1n) is 6.95. The zero-order valence-corrected chi connectivity index (χ0v) is 13.4. The van der Waals surface area contributed by atoms with E-state index in [0.717, 1.165) is 22.9 Å². The van der Waals surface area contributed by atoms with Crippen LogP contribution < -0.4 is 5.32 Å². The fourth-order valence-electron chi connectivity index (χ4n) is 1.96. The molecule has 1 atom stereocenters. The van der Waals surface area contributed by atoms with E-state index in [2.05, 4.69) is 21.2 Å². The van der Waals surface area contributed by atoms with Gasteiger partial charge >= 0.3 is 5.97 Å². The third kappa shape index (κ3) is 5.34. The molecule has 5 heteroatoms. The summed E-state index contributed by atoms with van der Waals surface area (Å²) in [7, 11) is 0. The van der Waals surface area contributed by atoms with Crippen LogP contribution in [0.15, 0.2) is 34.8 Å². The van der Waals surface area contributed by atoms with Gasteiger partial charge < -0.3 is 10.1 Å². The molecule has 0 unspecified atom stereocenters. The zero-order chi connectivity index (χ0) is 15.2. The van der Waals surface area contributed by atoms with Crippen LogP contribution in [0.4, 0.5) is 0 Å². The third-order valence-corrected chi connectivity index (χ3v) is 4.09. The van der Waals surface area contributed by atoms with Gasteiger partial charge in [-0.3, -0.25) is 4.79 Å². The Morgan fingerprint density at radius 1 is 1.43 bits per heavy atom. The largest absolute Gasteiger partial charge is 0.452 e. The number of rotatable bonds is 6. The lowest BCUT2D eigenvalue weighted by Gasteiger charge is -2.12. The highest BCUT2D eigenvalue weighted by atomic mass is 79.9. The Kier molecular flexibility index (Phi) is 5.56. The molecular formula is C16H18BrNO3. The summed E-state index contributed by atoms with van der Waals surface area (Å²) in [5.74, 6) is -0.197. The maximum absolute atomic E-state index is 11.6. The van der Waals surface area contributed by atoms with Crippen molar-refractivity contribution in [3.63, 3.8) is 0 Å². The first-order chi connectivity index (χ1) is 10.1. The van der Waals surface area contributed by atoms with E-state index < -0.39 is 5.97 Å². The minimum Gasteiger partial charge on any atom is -0.452 e. The van der Waals surface area contributed by atoms with Crippen LogP contribution in [-0.2, 0) is 14.3 Å². The van der Waals surface area contributed by atoms with Crippen molar-refractivity contribution in [2.75, 3.05) is 6.61 Å². The monoisotopic (exact) mass is 351 g/mol. The Bertz CT molecular complexity index is 552. The van der Waals surface area contributed by atoms with Crippen molar-refractivity contribution in [1.29, 1.82) is 0 Å². The van der Waals surface area contributed by atoms with E-state index in [-0.39, 0.29) is 18.6 Å². The van der Waals surface area contributed by atoms with E-state index in [1.807, 2.05) is 31.2 Å². The van der Waals surface area contributed by atoms with Crippen molar-refractivity contribution in [1.82, 2.24) is 5.32 Å². The Balaban J connectivity index is 1.74. The van der Waals surface area contributed by atoms with Crippen molar-refractivity contribution >= 4 is 33.9 Å². The summed E-state index contributed by atoms with van der Waals surface area (Å²) in [5, 5.41) is 2.83. The molecule has 1 aliphatic rings. The summed E-state index contributed by atoms with van der Waals surface area (Å²) in [6.07, 6.45) is 5.29. The van der Waals surface area contributed by atoms with Gasteiger partial charge in [-0.05, 0) is 43.4 Å². The van der Waals surface area contributed by atoms with Gasteiger partial charge in [0.25, 0.3) is 5.91 Å². The lowest BCUT2D eigenvalue weighted by Crippen LogP contribution is -2.36. The second-order valence-corrected chi connectivity index (χ2v) is 6.01. The van der Waals surface area contributed by atoms with Gasteiger partial charge in [0, 0.05) is 16.6 Å². The van der Waals surface area contributed by atoms with Crippen molar-refractivity contribution in [3.8, 4) is 0 Å². The van der Waals surface area contributed by atoms with Crippen LogP contribution in [0.3, 0.4) is 0 Å². The van der Waals surface area contributed by atoms with Gasteiger partial charge in [0.05, 0.1) is 0 Å². The van der Waals surface area contributed by atoms with Gasteiger partial charge in [-0.1, -0.05) is 34.1 Å². The van der Waals surface area contributed by atoms with Crippen LogP contribution in [0.5, 0.6) is 0 Å². The molecule has 0 heterocycles. The number of benzene rings is 1. The molecule has 4 nitrogen and oxygen atoms in total. The molecule has 0 aliphatic heterocycles. The van der Waals surface area contributed by atoms with Crippen molar-refractivity contribution in [2.24, 2.45) is 5.92 Å². The number of carbonyl (C=O) groups is 2. The van der Waals surface area contributed by atoms with Crippen LogP contribution in [-0.4, -0.2) is 24.5 Å². The Hall–Kier alpha value is -1.62. The second kappa shape index (κ2) is 7.41. The topological polar surface area (TPSA) is 55.4 Å². The summed E-state index contributed by atoms with van der Waals surface area (Å²) in [6.45, 7) is 1.74. The average Bonchev–Trinajstić information content (AvgIpc) is 3.29. The number of halogens is 1. The molecule has 1 aromatic carbocycles. The van der Waals surface area contributed by atoms with Crippen LogP contribution in [0.1, 0.15) is 25.3 Å².